The SMILES string of the molecule is CCCCc1ccnc(OC)c1S(N)(=O)=O. The summed E-state index contributed by atoms with van der Waals surface area (Å²) in [6.45, 7) is 2.04. The van der Waals surface area contributed by atoms with Crippen molar-refractivity contribution in [3.05, 3.63) is 17.8 Å². The Morgan fingerprint density at radius 1 is 1.50 bits per heavy atom. The Balaban J connectivity index is 3.27. The fraction of sp³-hybridized carbons (Fsp3) is 0.500. The maximum atomic E-state index is 11.5. The van der Waals surface area contributed by atoms with Crippen LogP contribution < -0.4 is 9.88 Å². The van der Waals surface area contributed by atoms with Gasteiger partial charge in [0.05, 0.1) is 7.11 Å². The third-order valence-electron chi connectivity index (χ3n) is 2.23. The summed E-state index contributed by atoms with van der Waals surface area (Å²) in [5.41, 5.74) is 0.663. The number of sulfonamides is 1. The topological polar surface area (TPSA) is 82.3 Å². The molecule has 0 saturated carbocycles. The lowest BCUT2D eigenvalue weighted by atomic mass is 10.1. The van der Waals surface area contributed by atoms with E-state index < -0.39 is 10.0 Å². The predicted octanol–water partition coefficient (Wildman–Crippen LogP) is 1.08. The molecule has 1 aromatic heterocycles. The molecule has 1 aromatic rings. The van der Waals surface area contributed by atoms with Crippen molar-refractivity contribution in [1.82, 2.24) is 4.98 Å². The predicted molar refractivity (Wildman–Crippen MR) is 60.8 cm³/mol. The van der Waals surface area contributed by atoms with Crippen LogP contribution in [0.15, 0.2) is 17.2 Å². The van der Waals surface area contributed by atoms with Gasteiger partial charge in [-0.3, -0.25) is 0 Å². The first-order valence-electron chi connectivity index (χ1n) is 5.05. The second-order valence-corrected chi connectivity index (χ2v) is 4.96. The fourth-order valence-corrected chi connectivity index (χ4v) is 2.40. The highest BCUT2D eigenvalue weighted by Crippen LogP contribution is 2.24. The molecule has 0 spiro atoms. The number of rotatable bonds is 5. The summed E-state index contributed by atoms with van der Waals surface area (Å²) >= 11 is 0. The van der Waals surface area contributed by atoms with E-state index in [1.807, 2.05) is 6.92 Å². The van der Waals surface area contributed by atoms with Gasteiger partial charge < -0.3 is 4.74 Å². The van der Waals surface area contributed by atoms with Crippen LogP contribution in [0.25, 0.3) is 0 Å². The number of methoxy groups -OCH3 is 1. The van der Waals surface area contributed by atoms with Gasteiger partial charge in [0.25, 0.3) is 0 Å². The summed E-state index contributed by atoms with van der Waals surface area (Å²) in [7, 11) is -2.42. The van der Waals surface area contributed by atoms with Crippen molar-refractivity contribution in [3.63, 3.8) is 0 Å². The Morgan fingerprint density at radius 2 is 2.19 bits per heavy atom. The molecule has 0 unspecified atom stereocenters. The number of nitrogens with zero attached hydrogens (tertiary/aromatic N) is 1. The first kappa shape index (κ1) is 12.9. The van der Waals surface area contributed by atoms with Crippen LogP contribution in [0.4, 0.5) is 0 Å². The molecule has 0 atom stereocenters. The molecule has 6 heteroatoms. The van der Waals surface area contributed by atoms with Crippen LogP contribution >= 0.6 is 0 Å². The number of primary sulfonamides is 1. The number of aryl methyl sites for hydroxylation is 1. The van der Waals surface area contributed by atoms with E-state index in [1.54, 1.807) is 6.07 Å². The average Bonchev–Trinajstić information content (AvgIpc) is 2.24. The molecule has 0 aliphatic rings. The summed E-state index contributed by atoms with van der Waals surface area (Å²) in [6, 6.07) is 1.66. The van der Waals surface area contributed by atoms with Gasteiger partial charge in [-0.15, -0.1) is 0 Å². The Kier molecular flexibility index (Phi) is 4.26. The van der Waals surface area contributed by atoms with E-state index in [4.69, 9.17) is 9.88 Å². The molecule has 5 nitrogen and oxygen atoms in total. The maximum Gasteiger partial charge on any atom is 0.243 e. The molecule has 0 aromatic carbocycles. The zero-order valence-electron chi connectivity index (χ0n) is 9.43. The van der Waals surface area contributed by atoms with Crippen LogP contribution in [-0.2, 0) is 16.4 Å². The van der Waals surface area contributed by atoms with Crippen molar-refractivity contribution in [2.24, 2.45) is 5.14 Å². The van der Waals surface area contributed by atoms with Crippen molar-refractivity contribution in [2.45, 2.75) is 31.1 Å². The van der Waals surface area contributed by atoms with Gasteiger partial charge in [0, 0.05) is 6.20 Å². The number of aromatic nitrogens is 1. The molecular formula is C10H16N2O3S. The van der Waals surface area contributed by atoms with Crippen LogP contribution in [0.3, 0.4) is 0 Å². The first-order chi connectivity index (χ1) is 7.50. The van der Waals surface area contributed by atoms with E-state index in [2.05, 4.69) is 4.98 Å². The van der Waals surface area contributed by atoms with E-state index in [-0.39, 0.29) is 10.8 Å². The molecule has 0 radical (unpaired) electrons. The number of nitrogens with two attached hydrogens (primary N) is 1. The van der Waals surface area contributed by atoms with Gasteiger partial charge in [-0.1, -0.05) is 13.3 Å². The summed E-state index contributed by atoms with van der Waals surface area (Å²) < 4.78 is 27.8. The number of hydrogen-bond acceptors (Lipinski definition) is 4. The number of unbranched alkanes of at least 4 members (excludes halogenated alkanes) is 1. The largest absolute Gasteiger partial charge is 0.480 e. The third-order valence-corrected chi connectivity index (χ3v) is 3.24. The minimum Gasteiger partial charge on any atom is -0.480 e. The molecule has 0 aliphatic heterocycles. The summed E-state index contributed by atoms with van der Waals surface area (Å²) in [6.07, 6.45) is 4.06. The smallest absolute Gasteiger partial charge is 0.243 e. The van der Waals surface area contributed by atoms with Crippen molar-refractivity contribution in [1.29, 1.82) is 0 Å². The van der Waals surface area contributed by atoms with Gasteiger partial charge in [0.15, 0.2) is 0 Å². The van der Waals surface area contributed by atoms with Crippen molar-refractivity contribution in [2.75, 3.05) is 7.11 Å². The molecule has 1 heterocycles. The van der Waals surface area contributed by atoms with E-state index in [0.29, 0.717) is 12.0 Å². The minimum absolute atomic E-state index is 0.00551. The van der Waals surface area contributed by atoms with Crippen LogP contribution in [-0.4, -0.2) is 20.5 Å². The highest BCUT2D eigenvalue weighted by Gasteiger charge is 2.20. The van der Waals surface area contributed by atoms with Gasteiger partial charge in [0.1, 0.15) is 4.90 Å². The van der Waals surface area contributed by atoms with Gasteiger partial charge >= 0.3 is 0 Å². The van der Waals surface area contributed by atoms with Crippen molar-refractivity contribution in [3.8, 4) is 5.88 Å². The molecule has 0 aliphatic carbocycles. The lowest BCUT2D eigenvalue weighted by molar-refractivity contribution is 0.383. The molecule has 0 saturated heterocycles. The molecular weight excluding hydrogens is 228 g/mol. The van der Waals surface area contributed by atoms with Gasteiger partial charge in [-0.25, -0.2) is 18.5 Å². The molecule has 0 fully saturated rings. The monoisotopic (exact) mass is 244 g/mol. The lowest BCUT2D eigenvalue weighted by Crippen LogP contribution is -2.16. The Hall–Kier alpha value is -1.14. The van der Waals surface area contributed by atoms with Crippen LogP contribution in [0.2, 0.25) is 0 Å². The van der Waals surface area contributed by atoms with Gasteiger partial charge in [-0.05, 0) is 24.5 Å². The van der Waals surface area contributed by atoms with E-state index in [0.717, 1.165) is 12.8 Å². The molecule has 16 heavy (non-hydrogen) atoms. The second-order valence-electron chi connectivity index (χ2n) is 3.46. The first-order valence-corrected chi connectivity index (χ1v) is 6.60. The average molecular weight is 244 g/mol. The van der Waals surface area contributed by atoms with Crippen LogP contribution in [0, 0.1) is 0 Å². The molecule has 90 valence electrons. The molecule has 0 amide bonds. The zero-order chi connectivity index (χ0) is 12.2. The van der Waals surface area contributed by atoms with E-state index in [1.165, 1.54) is 13.3 Å². The second kappa shape index (κ2) is 5.27. The van der Waals surface area contributed by atoms with E-state index in [9.17, 15) is 8.42 Å². The highest BCUT2D eigenvalue weighted by atomic mass is 32.2. The quantitative estimate of drug-likeness (QED) is 0.840. The van der Waals surface area contributed by atoms with E-state index >= 15 is 0 Å². The standard InChI is InChI=1S/C10H16N2O3S/c1-3-4-5-8-6-7-12-10(15-2)9(8)16(11,13)14/h6-7H,3-5H2,1-2H3,(H2,11,13,14). The number of pyridine rings is 1. The van der Waals surface area contributed by atoms with Crippen molar-refractivity contribution < 1.29 is 13.2 Å². The Morgan fingerprint density at radius 3 is 2.69 bits per heavy atom. The summed E-state index contributed by atoms with van der Waals surface area (Å²) in [5.74, 6) is 0.0658. The van der Waals surface area contributed by atoms with Gasteiger partial charge in [0.2, 0.25) is 15.9 Å². The minimum atomic E-state index is -3.79. The lowest BCUT2D eigenvalue weighted by Gasteiger charge is -2.10. The van der Waals surface area contributed by atoms with Gasteiger partial charge in [-0.2, -0.15) is 0 Å². The van der Waals surface area contributed by atoms with Crippen molar-refractivity contribution >= 4 is 10.0 Å². The third kappa shape index (κ3) is 2.93. The fourth-order valence-electron chi connectivity index (χ4n) is 1.48. The van der Waals surface area contributed by atoms with Crippen LogP contribution in [0.1, 0.15) is 25.3 Å². The molecule has 0 bridgehead atoms. The highest BCUT2D eigenvalue weighted by molar-refractivity contribution is 7.89. The summed E-state index contributed by atoms with van der Waals surface area (Å²) in [5, 5.41) is 5.16. The maximum absolute atomic E-state index is 11.5. The zero-order valence-corrected chi connectivity index (χ0v) is 10.3. The molecule has 2 N–H and O–H groups in total. The Labute approximate surface area is 95.7 Å². The van der Waals surface area contributed by atoms with Crippen LogP contribution in [0.5, 0.6) is 5.88 Å². The molecule has 1 rings (SSSR count). The summed E-state index contributed by atoms with van der Waals surface area (Å²) in [4.78, 5) is 3.86. The number of hydrogen-bond donors (Lipinski definition) is 1. The number of ether oxygens (including phenoxy) is 1. The Bertz CT molecular complexity index is 457. The normalized spacial score (nSPS) is 11.4.